The minimum Gasteiger partial charge on any atom is -0.355 e. The first kappa shape index (κ1) is 11.5. The van der Waals surface area contributed by atoms with Crippen molar-refractivity contribution in [3.8, 4) is 0 Å². The van der Waals surface area contributed by atoms with Gasteiger partial charge in [-0.1, -0.05) is 24.3 Å². The lowest BCUT2D eigenvalue weighted by atomic mass is 9.98. The van der Waals surface area contributed by atoms with Crippen LogP contribution < -0.4 is 5.32 Å². The number of amides is 1. The third kappa shape index (κ3) is 2.46. The lowest BCUT2D eigenvalue weighted by Crippen LogP contribution is -2.19. The minimum absolute atomic E-state index is 0.0178. The normalized spacial score (nSPS) is 12.0. The van der Waals surface area contributed by atoms with Crippen LogP contribution in [-0.2, 0) is 4.79 Å². The molecule has 0 aliphatic rings. The van der Waals surface area contributed by atoms with Crippen LogP contribution in [0.4, 0.5) is 0 Å². The summed E-state index contributed by atoms with van der Waals surface area (Å²) in [5.41, 5.74) is 4.14. The zero-order chi connectivity index (χ0) is 11.4. The maximum Gasteiger partial charge on any atom is 0.246 e. The van der Waals surface area contributed by atoms with Gasteiger partial charge < -0.3 is 5.32 Å². The van der Waals surface area contributed by atoms with Crippen molar-refractivity contribution in [3.05, 3.63) is 41.0 Å². The van der Waals surface area contributed by atoms with Crippen LogP contribution in [0.5, 0.6) is 0 Å². The highest BCUT2D eigenvalue weighted by molar-refractivity contribution is 6.00. The van der Waals surface area contributed by atoms with Crippen molar-refractivity contribution in [2.24, 2.45) is 0 Å². The molecule has 0 aromatic heterocycles. The number of likely N-dealkylation sites (N-methyl/N-ethyl adjacent to an activating group) is 1. The van der Waals surface area contributed by atoms with E-state index in [0.29, 0.717) is 0 Å². The van der Waals surface area contributed by atoms with E-state index < -0.39 is 0 Å². The highest BCUT2D eigenvalue weighted by Crippen LogP contribution is 2.21. The molecule has 0 unspecified atom stereocenters. The van der Waals surface area contributed by atoms with E-state index in [2.05, 4.69) is 18.3 Å². The van der Waals surface area contributed by atoms with Gasteiger partial charge in [0.15, 0.2) is 0 Å². The van der Waals surface area contributed by atoms with Crippen LogP contribution in [0.15, 0.2) is 29.8 Å². The number of hydrogen-bond acceptors (Lipinski definition) is 1. The van der Waals surface area contributed by atoms with Crippen LogP contribution >= 0.6 is 0 Å². The molecule has 0 radical (unpaired) electrons. The quantitative estimate of drug-likeness (QED) is 0.735. The SMILES string of the molecule is CNC(=O)/C(C)=C(\C)c1ccccc1C. The monoisotopic (exact) mass is 203 g/mol. The smallest absolute Gasteiger partial charge is 0.246 e. The van der Waals surface area contributed by atoms with Gasteiger partial charge in [-0.15, -0.1) is 0 Å². The van der Waals surface area contributed by atoms with Crippen LogP contribution in [0.2, 0.25) is 0 Å². The Morgan fingerprint density at radius 1 is 1.20 bits per heavy atom. The van der Waals surface area contributed by atoms with E-state index in [1.165, 1.54) is 5.56 Å². The van der Waals surface area contributed by atoms with Gasteiger partial charge in [-0.25, -0.2) is 0 Å². The van der Waals surface area contributed by atoms with Gasteiger partial charge in [0.25, 0.3) is 0 Å². The Morgan fingerprint density at radius 2 is 1.80 bits per heavy atom. The Morgan fingerprint density at radius 3 is 2.33 bits per heavy atom. The first-order valence-corrected chi connectivity index (χ1v) is 5.03. The van der Waals surface area contributed by atoms with Crippen LogP contribution in [0, 0.1) is 6.92 Å². The van der Waals surface area contributed by atoms with Crippen molar-refractivity contribution in [2.75, 3.05) is 7.05 Å². The van der Waals surface area contributed by atoms with Crippen molar-refractivity contribution in [1.29, 1.82) is 0 Å². The van der Waals surface area contributed by atoms with E-state index in [9.17, 15) is 4.79 Å². The third-order valence-corrected chi connectivity index (χ3v) is 2.68. The Bertz CT molecular complexity index is 405. The molecule has 2 heteroatoms. The second-order valence-electron chi connectivity index (χ2n) is 3.64. The van der Waals surface area contributed by atoms with Gasteiger partial charge in [0.05, 0.1) is 0 Å². The topological polar surface area (TPSA) is 29.1 Å². The fourth-order valence-electron chi connectivity index (χ4n) is 1.55. The average molecular weight is 203 g/mol. The molecule has 0 bridgehead atoms. The molecule has 0 fully saturated rings. The highest BCUT2D eigenvalue weighted by atomic mass is 16.1. The van der Waals surface area contributed by atoms with Crippen molar-refractivity contribution >= 4 is 11.5 Å². The van der Waals surface area contributed by atoms with E-state index in [-0.39, 0.29) is 5.91 Å². The van der Waals surface area contributed by atoms with Crippen molar-refractivity contribution in [3.63, 3.8) is 0 Å². The molecule has 80 valence electrons. The van der Waals surface area contributed by atoms with E-state index >= 15 is 0 Å². The predicted molar refractivity (Wildman–Crippen MR) is 63.5 cm³/mol. The summed E-state index contributed by atoms with van der Waals surface area (Å²) >= 11 is 0. The number of carbonyl (C=O) groups is 1. The van der Waals surface area contributed by atoms with Gasteiger partial charge >= 0.3 is 0 Å². The van der Waals surface area contributed by atoms with Gasteiger partial charge in [0.2, 0.25) is 5.91 Å². The summed E-state index contributed by atoms with van der Waals surface area (Å²) in [7, 11) is 1.65. The zero-order valence-corrected chi connectivity index (χ0v) is 9.72. The first-order valence-electron chi connectivity index (χ1n) is 5.03. The molecule has 0 saturated carbocycles. The third-order valence-electron chi connectivity index (χ3n) is 2.68. The maximum atomic E-state index is 11.5. The second kappa shape index (κ2) is 4.78. The molecule has 1 N–H and O–H groups in total. The number of rotatable bonds is 2. The molecule has 1 rings (SSSR count). The summed E-state index contributed by atoms with van der Waals surface area (Å²) in [4.78, 5) is 11.5. The minimum atomic E-state index is -0.0178. The summed E-state index contributed by atoms with van der Waals surface area (Å²) < 4.78 is 0. The molecular weight excluding hydrogens is 186 g/mol. The number of hydrogen-bond donors (Lipinski definition) is 1. The largest absolute Gasteiger partial charge is 0.355 e. The van der Waals surface area contributed by atoms with E-state index in [1.807, 2.05) is 32.0 Å². The van der Waals surface area contributed by atoms with Crippen molar-refractivity contribution in [2.45, 2.75) is 20.8 Å². The number of benzene rings is 1. The van der Waals surface area contributed by atoms with Crippen LogP contribution in [0.25, 0.3) is 5.57 Å². The Hall–Kier alpha value is -1.57. The predicted octanol–water partition coefficient (Wildman–Crippen LogP) is 2.53. The van der Waals surface area contributed by atoms with E-state index in [0.717, 1.165) is 16.7 Å². The molecule has 15 heavy (non-hydrogen) atoms. The van der Waals surface area contributed by atoms with Gasteiger partial charge in [-0.05, 0) is 37.5 Å². The van der Waals surface area contributed by atoms with E-state index in [4.69, 9.17) is 0 Å². The molecule has 1 aromatic rings. The zero-order valence-electron chi connectivity index (χ0n) is 9.72. The van der Waals surface area contributed by atoms with Crippen molar-refractivity contribution < 1.29 is 4.79 Å². The molecule has 0 saturated heterocycles. The molecule has 0 spiro atoms. The van der Waals surface area contributed by atoms with Crippen LogP contribution in [-0.4, -0.2) is 13.0 Å². The summed E-state index contributed by atoms with van der Waals surface area (Å²) in [5.74, 6) is -0.0178. The Kier molecular flexibility index (Phi) is 3.67. The van der Waals surface area contributed by atoms with Gasteiger partial charge in [0, 0.05) is 12.6 Å². The average Bonchev–Trinajstić information content (AvgIpc) is 2.26. The molecule has 2 nitrogen and oxygen atoms in total. The number of aryl methyl sites for hydroxylation is 1. The number of carbonyl (C=O) groups excluding carboxylic acids is 1. The first-order chi connectivity index (χ1) is 7.07. The maximum absolute atomic E-state index is 11.5. The van der Waals surface area contributed by atoms with Crippen LogP contribution in [0.3, 0.4) is 0 Å². The molecule has 0 aliphatic heterocycles. The second-order valence-corrected chi connectivity index (χ2v) is 3.64. The lowest BCUT2D eigenvalue weighted by Gasteiger charge is -2.09. The molecule has 1 aromatic carbocycles. The summed E-state index contributed by atoms with van der Waals surface area (Å²) in [6.07, 6.45) is 0. The van der Waals surface area contributed by atoms with Crippen LogP contribution in [0.1, 0.15) is 25.0 Å². The van der Waals surface area contributed by atoms with E-state index in [1.54, 1.807) is 7.05 Å². The summed E-state index contributed by atoms with van der Waals surface area (Å²) in [5, 5.41) is 2.64. The number of allylic oxidation sites excluding steroid dienone is 1. The molecular formula is C13H17NO. The Balaban J connectivity index is 3.19. The standard InChI is InChI=1S/C13H17NO/c1-9-7-5-6-8-12(9)10(2)11(3)13(15)14-4/h5-8H,1-4H3,(H,14,15)/b11-10+. The highest BCUT2D eigenvalue weighted by Gasteiger charge is 2.08. The fourth-order valence-corrected chi connectivity index (χ4v) is 1.55. The molecule has 0 aliphatic carbocycles. The van der Waals surface area contributed by atoms with Gasteiger partial charge in [0.1, 0.15) is 0 Å². The van der Waals surface area contributed by atoms with Gasteiger partial charge in [-0.3, -0.25) is 4.79 Å². The molecule has 0 atom stereocenters. The van der Waals surface area contributed by atoms with Crippen molar-refractivity contribution in [1.82, 2.24) is 5.32 Å². The Labute approximate surface area is 91.0 Å². The fraction of sp³-hybridized carbons (Fsp3) is 0.308. The lowest BCUT2D eigenvalue weighted by molar-refractivity contribution is -0.116. The number of nitrogens with one attached hydrogen (secondary N) is 1. The summed E-state index contributed by atoms with van der Waals surface area (Å²) in [6, 6.07) is 8.08. The molecule has 0 heterocycles. The van der Waals surface area contributed by atoms with Gasteiger partial charge in [-0.2, -0.15) is 0 Å². The summed E-state index contributed by atoms with van der Waals surface area (Å²) in [6.45, 7) is 5.88. The molecule has 1 amide bonds.